The molecule has 4 heterocycles. The van der Waals surface area contributed by atoms with E-state index in [0.29, 0.717) is 5.69 Å². The Labute approximate surface area is 177 Å². The molecule has 1 aliphatic heterocycles. The first-order valence-electron chi connectivity index (χ1n) is 10.1. The number of nitrogens with two attached hydrogens (primary N) is 1. The largest absolute Gasteiger partial charge is 0.368 e. The number of nitrogen functional groups attached to an aromatic ring is 1. The number of aromatic nitrogens is 7. The van der Waals surface area contributed by atoms with Crippen LogP contribution in [0.4, 0.5) is 16.2 Å². The van der Waals surface area contributed by atoms with Crippen molar-refractivity contribution < 1.29 is 4.39 Å². The predicted molar refractivity (Wildman–Crippen MR) is 112 cm³/mol. The summed E-state index contributed by atoms with van der Waals surface area (Å²) in [4.78, 5) is 14.9. The highest BCUT2D eigenvalue weighted by Crippen LogP contribution is 2.42. The molecule has 156 valence electrons. The zero-order chi connectivity index (χ0) is 21.0. The molecule has 4 aromatic rings. The topological polar surface area (TPSA) is 114 Å². The van der Waals surface area contributed by atoms with Gasteiger partial charge >= 0.3 is 0 Å². The van der Waals surface area contributed by atoms with Crippen molar-refractivity contribution in [1.29, 1.82) is 0 Å². The van der Waals surface area contributed by atoms with E-state index in [1.807, 2.05) is 4.90 Å². The number of hydrogen-bond donors (Lipinski definition) is 2. The molecule has 1 aromatic carbocycles. The Kier molecular flexibility index (Phi) is 3.83. The molecule has 1 fully saturated rings. The highest BCUT2D eigenvalue weighted by molar-refractivity contribution is 5.60. The molecule has 9 nitrogen and oxygen atoms in total. The summed E-state index contributed by atoms with van der Waals surface area (Å²) >= 11 is 0. The van der Waals surface area contributed by atoms with Crippen LogP contribution in [0.15, 0.2) is 49.1 Å². The quantitative estimate of drug-likeness (QED) is 0.522. The van der Waals surface area contributed by atoms with Gasteiger partial charge in [0.2, 0.25) is 5.95 Å². The first kappa shape index (κ1) is 18.0. The number of nitrogens with zero attached hydrogens (tertiary/aromatic N) is 7. The summed E-state index contributed by atoms with van der Waals surface area (Å²) in [5.74, 6) is 1.85. The van der Waals surface area contributed by atoms with Gasteiger partial charge in [-0.25, -0.2) is 19.3 Å². The minimum Gasteiger partial charge on any atom is -0.368 e. The van der Waals surface area contributed by atoms with Gasteiger partial charge in [0, 0.05) is 18.4 Å². The maximum Gasteiger partial charge on any atom is 0.219 e. The monoisotopic (exact) mass is 417 g/mol. The molecule has 0 radical (unpaired) electrons. The molecule has 1 saturated heterocycles. The molecule has 3 N–H and O–H groups in total. The lowest BCUT2D eigenvalue weighted by Crippen LogP contribution is -2.57. The summed E-state index contributed by atoms with van der Waals surface area (Å²) in [6.45, 7) is 0.394. The summed E-state index contributed by atoms with van der Waals surface area (Å²) < 4.78 is 17.5. The van der Waals surface area contributed by atoms with Gasteiger partial charge in [-0.3, -0.25) is 0 Å². The van der Waals surface area contributed by atoms with Crippen LogP contribution in [0.2, 0.25) is 0 Å². The minimum absolute atomic E-state index is 0.170. The molecule has 31 heavy (non-hydrogen) atoms. The Hall–Kier alpha value is -3.82. The molecule has 3 aromatic heterocycles. The molecule has 0 unspecified atom stereocenters. The second-order valence-electron chi connectivity index (χ2n) is 8.15. The molecule has 6 rings (SSSR count). The van der Waals surface area contributed by atoms with Crippen molar-refractivity contribution in [3.05, 3.63) is 65.9 Å². The van der Waals surface area contributed by atoms with Crippen LogP contribution in [-0.2, 0) is 18.5 Å². The SMILES string of the molecule is Nc1ncc(-c2ncc(N3CC(F)(c4cn[nH]n4)C3)n2C2Cc3ccccc3C2)cn1. The average molecular weight is 417 g/mol. The van der Waals surface area contributed by atoms with Crippen molar-refractivity contribution in [3.63, 3.8) is 0 Å². The lowest BCUT2D eigenvalue weighted by molar-refractivity contribution is 0.112. The predicted octanol–water partition coefficient (Wildman–Crippen LogP) is 2.07. The summed E-state index contributed by atoms with van der Waals surface area (Å²) in [5, 5.41) is 10.2. The molecular weight excluding hydrogens is 397 g/mol. The number of rotatable bonds is 4. The number of nitrogens with one attached hydrogen (secondary N) is 1. The molecule has 0 spiro atoms. The van der Waals surface area contributed by atoms with Crippen molar-refractivity contribution in [2.45, 2.75) is 24.6 Å². The van der Waals surface area contributed by atoms with Gasteiger partial charge in [0.1, 0.15) is 17.3 Å². The van der Waals surface area contributed by atoms with Gasteiger partial charge in [-0.15, -0.1) is 0 Å². The second-order valence-corrected chi connectivity index (χ2v) is 8.15. The molecule has 0 atom stereocenters. The summed E-state index contributed by atoms with van der Waals surface area (Å²) in [5.41, 5.74) is 7.92. The van der Waals surface area contributed by atoms with Crippen LogP contribution in [0.3, 0.4) is 0 Å². The molecular formula is C21H20FN9. The van der Waals surface area contributed by atoms with E-state index < -0.39 is 5.67 Å². The van der Waals surface area contributed by atoms with Crippen molar-refractivity contribution >= 4 is 11.8 Å². The number of hydrogen-bond acceptors (Lipinski definition) is 7. The fraction of sp³-hybridized carbons (Fsp3) is 0.286. The lowest BCUT2D eigenvalue weighted by atomic mass is 9.93. The zero-order valence-corrected chi connectivity index (χ0v) is 16.6. The van der Waals surface area contributed by atoms with Crippen LogP contribution >= 0.6 is 0 Å². The van der Waals surface area contributed by atoms with Crippen LogP contribution < -0.4 is 10.6 Å². The number of H-pyrrole nitrogens is 1. The molecule has 1 aliphatic carbocycles. The number of anilines is 2. The molecule has 0 bridgehead atoms. The average Bonchev–Trinajstić information content (AvgIpc) is 3.50. The van der Waals surface area contributed by atoms with E-state index in [-0.39, 0.29) is 25.1 Å². The Morgan fingerprint density at radius 1 is 1.00 bits per heavy atom. The summed E-state index contributed by atoms with van der Waals surface area (Å²) in [7, 11) is 0. The van der Waals surface area contributed by atoms with Gasteiger partial charge in [-0.1, -0.05) is 24.3 Å². The third kappa shape index (κ3) is 2.86. The Balaban J connectivity index is 1.38. The van der Waals surface area contributed by atoms with E-state index >= 15 is 4.39 Å². The normalized spacial score (nSPS) is 17.5. The van der Waals surface area contributed by atoms with E-state index in [0.717, 1.165) is 30.0 Å². The smallest absolute Gasteiger partial charge is 0.219 e. The maximum absolute atomic E-state index is 15.3. The maximum atomic E-state index is 15.3. The first-order valence-corrected chi connectivity index (χ1v) is 10.1. The number of alkyl halides is 1. The fourth-order valence-corrected chi connectivity index (χ4v) is 4.63. The van der Waals surface area contributed by atoms with Gasteiger partial charge in [-0.2, -0.15) is 15.4 Å². The second kappa shape index (κ2) is 6.59. The van der Waals surface area contributed by atoms with Gasteiger partial charge in [0.05, 0.1) is 31.0 Å². The number of benzene rings is 1. The van der Waals surface area contributed by atoms with Crippen LogP contribution in [0.25, 0.3) is 11.4 Å². The Morgan fingerprint density at radius 2 is 1.71 bits per heavy atom. The van der Waals surface area contributed by atoms with Gasteiger partial charge in [0.25, 0.3) is 0 Å². The van der Waals surface area contributed by atoms with E-state index in [4.69, 9.17) is 5.73 Å². The van der Waals surface area contributed by atoms with E-state index in [9.17, 15) is 0 Å². The van der Waals surface area contributed by atoms with E-state index in [1.54, 1.807) is 18.6 Å². The third-order valence-electron chi connectivity index (χ3n) is 6.18. The van der Waals surface area contributed by atoms with Crippen LogP contribution in [-0.4, -0.2) is 48.0 Å². The van der Waals surface area contributed by atoms with Crippen LogP contribution in [0.5, 0.6) is 0 Å². The van der Waals surface area contributed by atoms with Crippen molar-refractivity contribution in [2.75, 3.05) is 23.7 Å². The van der Waals surface area contributed by atoms with Gasteiger partial charge in [-0.05, 0) is 24.0 Å². The number of fused-ring (bicyclic) bond motifs is 1. The van der Waals surface area contributed by atoms with Crippen molar-refractivity contribution in [1.82, 2.24) is 34.9 Å². The van der Waals surface area contributed by atoms with Crippen molar-refractivity contribution in [3.8, 4) is 11.4 Å². The van der Waals surface area contributed by atoms with Crippen molar-refractivity contribution in [2.24, 2.45) is 0 Å². The number of aromatic amines is 1. The summed E-state index contributed by atoms with van der Waals surface area (Å²) in [6.07, 6.45) is 8.38. The standard InChI is InChI=1S/C21H20FN9/c22-21(17-9-27-29-28-17)11-30(12-21)18-10-24-19(15-7-25-20(23)26-8-15)31(18)16-5-13-3-1-2-4-14(13)6-16/h1-4,7-10,16H,5-6,11-12H2,(H2,23,25,26)(H,27,28,29). The molecule has 2 aliphatic rings. The Bertz CT molecular complexity index is 1200. The molecule has 0 amide bonds. The fourth-order valence-electron chi connectivity index (χ4n) is 4.63. The number of halogens is 1. The lowest BCUT2D eigenvalue weighted by Gasteiger charge is -2.45. The summed E-state index contributed by atoms with van der Waals surface area (Å²) in [6, 6.07) is 8.63. The van der Waals surface area contributed by atoms with E-state index in [2.05, 4.69) is 59.2 Å². The van der Waals surface area contributed by atoms with Crippen LogP contribution in [0.1, 0.15) is 22.9 Å². The van der Waals surface area contributed by atoms with E-state index in [1.165, 1.54) is 17.3 Å². The number of imidazole rings is 1. The third-order valence-corrected chi connectivity index (χ3v) is 6.18. The van der Waals surface area contributed by atoms with Gasteiger partial charge < -0.3 is 15.2 Å². The minimum atomic E-state index is -1.52. The van der Waals surface area contributed by atoms with Crippen LogP contribution in [0, 0.1) is 0 Å². The highest BCUT2D eigenvalue weighted by atomic mass is 19.1. The first-order chi connectivity index (χ1) is 15.1. The van der Waals surface area contributed by atoms with Gasteiger partial charge in [0.15, 0.2) is 5.67 Å². The Morgan fingerprint density at radius 3 is 2.35 bits per heavy atom. The molecule has 0 saturated carbocycles. The highest BCUT2D eigenvalue weighted by Gasteiger charge is 2.48. The zero-order valence-electron chi connectivity index (χ0n) is 16.6. The molecule has 10 heteroatoms.